The maximum Gasteiger partial charge on any atom is 0.0621 e. The van der Waals surface area contributed by atoms with Crippen LogP contribution in [0, 0.1) is 11.3 Å². The first kappa shape index (κ1) is 12.8. The SMILES string of the molecule is CCNCC(C)(Cc1ccncc1Cl)C1CC1. The predicted octanol–water partition coefficient (Wildman–Crippen LogP) is 3.30. The Kier molecular flexibility index (Phi) is 4.05. The molecule has 94 valence electrons. The second-order valence-electron chi connectivity index (χ2n) is 5.35. The zero-order valence-electron chi connectivity index (χ0n) is 10.7. The molecule has 3 heteroatoms. The molecule has 0 spiro atoms. The Balaban J connectivity index is 2.09. The van der Waals surface area contributed by atoms with Crippen molar-refractivity contribution in [3.8, 4) is 0 Å². The van der Waals surface area contributed by atoms with Crippen LogP contribution in [-0.4, -0.2) is 18.1 Å². The van der Waals surface area contributed by atoms with Crippen LogP contribution in [0.4, 0.5) is 0 Å². The maximum absolute atomic E-state index is 6.21. The lowest BCUT2D eigenvalue weighted by Crippen LogP contribution is -2.35. The van der Waals surface area contributed by atoms with Crippen molar-refractivity contribution < 1.29 is 0 Å². The fourth-order valence-electron chi connectivity index (χ4n) is 2.52. The summed E-state index contributed by atoms with van der Waals surface area (Å²) in [7, 11) is 0. The highest BCUT2D eigenvalue weighted by Crippen LogP contribution is 2.47. The monoisotopic (exact) mass is 252 g/mol. The highest BCUT2D eigenvalue weighted by molar-refractivity contribution is 6.31. The Labute approximate surface area is 109 Å². The third-order valence-corrected chi connectivity index (χ3v) is 4.13. The van der Waals surface area contributed by atoms with Crippen molar-refractivity contribution in [3.63, 3.8) is 0 Å². The first-order valence-electron chi connectivity index (χ1n) is 6.45. The van der Waals surface area contributed by atoms with Crippen LogP contribution in [-0.2, 0) is 6.42 Å². The van der Waals surface area contributed by atoms with Crippen LogP contribution >= 0.6 is 11.6 Å². The summed E-state index contributed by atoms with van der Waals surface area (Å²) in [6.07, 6.45) is 7.36. The van der Waals surface area contributed by atoms with Gasteiger partial charge in [-0.25, -0.2) is 0 Å². The summed E-state index contributed by atoms with van der Waals surface area (Å²) in [6.45, 7) is 6.65. The molecule has 2 rings (SSSR count). The van der Waals surface area contributed by atoms with Crippen LogP contribution in [0.15, 0.2) is 18.5 Å². The van der Waals surface area contributed by atoms with E-state index in [4.69, 9.17) is 11.6 Å². The number of nitrogens with zero attached hydrogens (tertiary/aromatic N) is 1. The zero-order chi connectivity index (χ0) is 12.3. The lowest BCUT2D eigenvalue weighted by molar-refractivity contribution is 0.258. The lowest BCUT2D eigenvalue weighted by atomic mass is 9.79. The van der Waals surface area contributed by atoms with Gasteiger partial charge in [-0.2, -0.15) is 0 Å². The Morgan fingerprint density at radius 2 is 2.29 bits per heavy atom. The number of halogens is 1. The number of hydrogen-bond donors (Lipinski definition) is 1. The molecule has 1 aromatic heterocycles. The molecule has 1 saturated carbocycles. The van der Waals surface area contributed by atoms with E-state index < -0.39 is 0 Å². The van der Waals surface area contributed by atoms with Gasteiger partial charge in [0.25, 0.3) is 0 Å². The van der Waals surface area contributed by atoms with Gasteiger partial charge in [0.05, 0.1) is 5.02 Å². The van der Waals surface area contributed by atoms with Gasteiger partial charge in [0.2, 0.25) is 0 Å². The summed E-state index contributed by atoms with van der Waals surface area (Å²) in [6, 6.07) is 2.05. The number of nitrogens with one attached hydrogen (secondary N) is 1. The molecule has 0 radical (unpaired) electrons. The summed E-state index contributed by atoms with van der Waals surface area (Å²) in [5.41, 5.74) is 1.56. The standard InChI is InChI=1S/C14H21ClN2/c1-3-16-10-14(2,12-4-5-12)8-11-6-7-17-9-13(11)15/h6-7,9,12,16H,3-5,8,10H2,1-2H3. The molecule has 2 nitrogen and oxygen atoms in total. The van der Waals surface area contributed by atoms with Crippen molar-refractivity contribution >= 4 is 11.6 Å². The molecule has 17 heavy (non-hydrogen) atoms. The van der Waals surface area contributed by atoms with E-state index in [0.717, 1.165) is 30.5 Å². The van der Waals surface area contributed by atoms with Gasteiger partial charge in [0.1, 0.15) is 0 Å². The van der Waals surface area contributed by atoms with E-state index in [1.54, 1.807) is 6.20 Å². The molecular formula is C14H21ClN2. The van der Waals surface area contributed by atoms with Gasteiger partial charge in [-0.3, -0.25) is 4.98 Å². The molecule has 0 aromatic carbocycles. The molecule has 1 aliphatic rings. The average molecular weight is 253 g/mol. The summed E-state index contributed by atoms with van der Waals surface area (Å²) >= 11 is 6.21. The first-order valence-corrected chi connectivity index (χ1v) is 6.82. The molecule has 1 unspecified atom stereocenters. The topological polar surface area (TPSA) is 24.9 Å². The molecule has 0 saturated heterocycles. The molecule has 1 atom stereocenters. The third-order valence-electron chi connectivity index (χ3n) is 3.79. The van der Waals surface area contributed by atoms with Crippen LogP contribution < -0.4 is 5.32 Å². The van der Waals surface area contributed by atoms with E-state index in [1.165, 1.54) is 18.4 Å². The van der Waals surface area contributed by atoms with Gasteiger partial charge in [-0.15, -0.1) is 0 Å². The largest absolute Gasteiger partial charge is 0.316 e. The Hall–Kier alpha value is -0.600. The fraction of sp³-hybridized carbons (Fsp3) is 0.643. The van der Waals surface area contributed by atoms with Crippen LogP contribution in [0.1, 0.15) is 32.3 Å². The van der Waals surface area contributed by atoms with Crippen molar-refractivity contribution in [1.82, 2.24) is 10.3 Å². The van der Waals surface area contributed by atoms with Gasteiger partial charge < -0.3 is 5.32 Å². The van der Waals surface area contributed by atoms with Crippen molar-refractivity contribution in [2.75, 3.05) is 13.1 Å². The van der Waals surface area contributed by atoms with Gasteiger partial charge in [0.15, 0.2) is 0 Å². The van der Waals surface area contributed by atoms with E-state index in [2.05, 4.69) is 30.2 Å². The molecule has 1 aliphatic carbocycles. The predicted molar refractivity (Wildman–Crippen MR) is 72.3 cm³/mol. The van der Waals surface area contributed by atoms with Crippen molar-refractivity contribution in [3.05, 3.63) is 29.0 Å². The highest BCUT2D eigenvalue weighted by Gasteiger charge is 2.41. The zero-order valence-corrected chi connectivity index (χ0v) is 11.4. The highest BCUT2D eigenvalue weighted by atomic mass is 35.5. The summed E-state index contributed by atoms with van der Waals surface area (Å²) in [5, 5.41) is 4.29. The van der Waals surface area contributed by atoms with Crippen LogP contribution in [0.2, 0.25) is 5.02 Å². The molecule has 0 bridgehead atoms. The number of hydrogen-bond acceptors (Lipinski definition) is 2. The van der Waals surface area contributed by atoms with Crippen LogP contribution in [0.25, 0.3) is 0 Å². The number of aromatic nitrogens is 1. The quantitative estimate of drug-likeness (QED) is 0.840. The smallest absolute Gasteiger partial charge is 0.0621 e. The Morgan fingerprint density at radius 1 is 1.53 bits per heavy atom. The molecule has 1 aromatic rings. The molecular weight excluding hydrogens is 232 g/mol. The van der Waals surface area contributed by atoms with Gasteiger partial charge in [-0.05, 0) is 48.8 Å². The van der Waals surface area contributed by atoms with Crippen molar-refractivity contribution in [2.24, 2.45) is 11.3 Å². The summed E-state index contributed by atoms with van der Waals surface area (Å²) in [5.74, 6) is 0.853. The van der Waals surface area contributed by atoms with Crippen molar-refractivity contribution in [2.45, 2.75) is 33.1 Å². The van der Waals surface area contributed by atoms with Crippen LogP contribution in [0.5, 0.6) is 0 Å². The molecule has 1 heterocycles. The van der Waals surface area contributed by atoms with Gasteiger partial charge >= 0.3 is 0 Å². The third kappa shape index (κ3) is 3.20. The minimum atomic E-state index is 0.334. The fourth-order valence-corrected chi connectivity index (χ4v) is 2.71. The minimum absolute atomic E-state index is 0.334. The Bertz CT molecular complexity index is 376. The van der Waals surface area contributed by atoms with Gasteiger partial charge in [0, 0.05) is 18.9 Å². The number of rotatable bonds is 6. The first-order chi connectivity index (χ1) is 8.15. The maximum atomic E-state index is 6.21. The molecule has 0 amide bonds. The molecule has 1 fully saturated rings. The van der Waals surface area contributed by atoms with E-state index in [0.29, 0.717) is 5.41 Å². The van der Waals surface area contributed by atoms with Crippen LogP contribution in [0.3, 0.4) is 0 Å². The average Bonchev–Trinajstić information content (AvgIpc) is 3.14. The molecule has 1 N–H and O–H groups in total. The lowest BCUT2D eigenvalue weighted by Gasteiger charge is -2.30. The Morgan fingerprint density at radius 3 is 2.88 bits per heavy atom. The minimum Gasteiger partial charge on any atom is -0.316 e. The summed E-state index contributed by atoms with van der Waals surface area (Å²) < 4.78 is 0. The number of pyridine rings is 1. The van der Waals surface area contributed by atoms with E-state index in [-0.39, 0.29) is 0 Å². The molecule has 0 aliphatic heterocycles. The second-order valence-corrected chi connectivity index (χ2v) is 5.76. The van der Waals surface area contributed by atoms with E-state index >= 15 is 0 Å². The van der Waals surface area contributed by atoms with E-state index in [1.807, 2.05) is 6.20 Å². The van der Waals surface area contributed by atoms with E-state index in [9.17, 15) is 0 Å². The summed E-state index contributed by atoms with van der Waals surface area (Å²) in [4.78, 5) is 4.05. The van der Waals surface area contributed by atoms with Gasteiger partial charge in [-0.1, -0.05) is 25.4 Å². The normalized spacial score (nSPS) is 19.0. The van der Waals surface area contributed by atoms with Crippen molar-refractivity contribution in [1.29, 1.82) is 0 Å². The second kappa shape index (κ2) is 5.36.